The van der Waals surface area contributed by atoms with Crippen molar-refractivity contribution in [1.29, 1.82) is 0 Å². The SMILES string of the molecule is CC(C)(C)/C=C/C(=O)Nc1nc(C(C)(C)C)cs1. The molecule has 0 aliphatic rings. The van der Waals surface area contributed by atoms with Gasteiger partial charge in [-0.05, 0) is 11.5 Å². The number of amides is 1. The molecule has 0 saturated carbocycles. The molecule has 1 N–H and O–H groups in total. The van der Waals surface area contributed by atoms with Gasteiger partial charge in [0.15, 0.2) is 5.13 Å². The van der Waals surface area contributed by atoms with E-state index in [1.54, 1.807) is 6.08 Å². The number of carbonyl (C=O) groups is 1. The fourth-order valence-electron chi connectivity index (χ4n) is 1.15. The smallest absolute Gasteiger partial charge is 0.249 e. The zero-order valence-corrected chi connectivity index (χ0v) is 12.8. The van der Waals surface area contributed by atoms with Crippen LogP contribution in [-0.2, 0) is 10.2 Å². The summed E-state index contributed by atoms with van der Waals surface area (Å²) in [4.78, 5) is 16.1. The highest BCUT2D eigenvalue weighted by Crippen LogP contribution is 2.26. The largest absolute Gasteiger partial charge is 0.298 e. The number of anilines is 1. The lowest BCUT2D eigenvalue weighted by molar-refractivity contribution is -0.112. The van der Waals surface area contributed by atoms with Gasteiger partial charge in [-0.2, -0.15) is 0 Å². The van der Waals surface area contributed by atoms with E-state index in [0.717, 1.165) is 5.69 Å². The van der Waals surface area contributed by atoms with Gasteiger partial charge in [-0.25, -0.2) is 4.98 Å². The number of hydrogen-bond donors (Lipinski definition) is 1. The van der Waals surface area contributed by atoms with Crippen molar-refractivity contribution in [3.63, 3.8) is 0 Å². The standard InChI is InChI=1S/C14H22N2OS/c1-13(2,3)8-7-11(17)16-12-15-10(9-18-12)14(4,5)6/h7-9H,1-6H3,(H,15,16,17)/b8-7+. The average molecular weight is 266 g/mol. The Kier molecular flexibility index (Phi) is 4.32. The van der Waals surface area contributed by atoms with Crippen LogP contribution in [0.15, 0.2) is 17.5 Å². The summed E-state index contributed by atoms with van der Waals surface area (Å²) in [7, 11) is 0. The molecule has 0 aliphatic heterocycles. The van der Waals surface area contributed by atoms with Gasteiger partial charge in [0, 0.05) is 10.8 Å². The van der Waals surface area contributed by atoms with Crippen LogP contribution in [0.25, 0.3) is 0 Å². The van der Waals surface area contributed by atoms with Crippen LogP contribution in [0, 0.1) is 5.41 Å². The molecular formula is C14H22N2OS. The summed E-state index contributed by atoms with van der Waals surface area (Å²) in [6.45, 7) is 12.5. The molecule has 0 bridgehead atoms. The Hall–Kier alpha value is -1.16. The minimum absolute atomic E-state index is 0.0107. The van der Waals surface area contributed by atoms with Crippen molar-refractivity contribution in [3.8, 4) is 0 Å². The molecule has 1 rings (SSSR count). The first-order valence-corrected chi connectivity index (χ1v) is 6.92. The summed E-state index contributed by atoms with van der Waals surface area (Å²) >= 11 is 1.46. The fraction of sp³-hybridized carbons (Fsp3) is 0.571. The molecule has 1 heterocycles. The van der Waals surface area contributed by atoms with Crippen molar-refractivity contribution in [1.82, 2.24) is 4.98 Å². The number of nitrogens with zero attached hydrogens (tertiary/aromatic N) is 1. The highest BCUT2D eigenvalue weighted by atomic mass is 32.1. The third kappa shape index (κ3) is 5.00. The molecule has 0 atom stereocenters. The van der Waals surface area contributed by atoms with Crippen LogP contribution in [0.4, 0.5) is 5.13 Å². The highest BCUT2D eigenvalue weighted by Gasteiger charge is 2.17. The first-order chi connectivity index (χ1) is 8.08. The second-order valence-corrected chi connectivity index (χ2v) is 7.33. The molecule has 3 nitrogen and oxygen atoms in total. The van der Waals surface area contributed by atoms with Crippen LogP contribution < -0.4 is 5.32 Å². The van der Waals surface area contributed by atoms with E-state index in [2.05, 4.69) is 51.8 Å². The van der Waals surface area contributed by atoms with E-state index in [-0.39, 0.29) is 16.7 Å². The molecule has 0 spiro atoms. The van der Waals surface area contributed by atoms with Crippen LogP contribution in [0.1, 0.15) is 47.2 Å². The van der Waals surface area contributed by atoms with Crippen molar-refractivity contribution >= 4 is 22.4 Å². The highest BCUT2D eigenvalue weighted by molar-refractivity contribution is 7.14. The van der Waals surface area contributed by atoms with Gasteiger partial charge in [0.05, 0.1) is 5.69 Å². The van der Waals surface area contributed by atoms with Gasteiger partial charge >= 0.3 is 0 Å². The predicted octanol–water partition coefficient (Wildman–Crippen LogP) is 3.98. The molecule has 1 amide bonds. The van der Waals surface area contributed by atoms with E-state index in [9.17, 15) is 4.79 Å². The number of allylic oxidation sites excluding steroid dienone is 1. The maximum atomic E-state index is 11.7. The summed E-state index contributed by atoms with van der Waals surface area (Å²) in [5, 5.41) is 5.43. The molecule has 1 aromatic rings. The van der Waals surface area contributed by atoms with Crippen LogP contribution in [0.5, 0.6) is 0 Å². The maximum absolute atomic E-state index is 11.7. The van der Waals surface area contributed by atoms with E-state index in [4.69, 9.17) is 0 Å². The molecule has 0 aromatic carbocycles. The zero-order valence-electron chi connectivity index (χ0n) is 12.0. The maximum Gasteiger partial charge on any atom is 0.249 e. The minimum Gasteiger partial charge on any atom is -0.298 e. The second kappa shape index (κ2) is 5.22. The number of aromatic nitrogens is 1. The molecule has 0 fully saturated rings. The van der Waals surface area contributed by atoms with E-state index >= 15 is 0 Å². The number of hydrogen-bond acceptors (Lipinski definition) is 3. The Morgan fingerprint density at radius 3 is 2.33 bits per heavy atom. The minimum atomic E-state index is -0.125. The monoisotopic (exact) mass is 266 g/mol. The lowest BCUT2D eigenvalue weighted by atomic mass is 9.93. The van der Waals surface area contributed by atoms with Gasteiger partial charge in [-0.3, -0.25) is 10.1 Å². The molecule has 0 radical (unpaired) electrons. The molecule has 0 saturated heterocycles. The van der Waals surface area contributed by atoms with Crippen molar-refractivity contribution in [3.05, 3.63) is 23.2 Å². The van der Waals surface area contributed by atoms with Crippen LogP contribution in [-0.4, -0.2) is 10.9 Å². The first-order valence-electron chi connectivity index (χ1n) is 6.04. The molecule has 18 heavy (non-hydrogen) atoms. The molecule has 100 valence electrons. The van der Waals surface area contributed by atoms with Gasteiger partial charge in [-0.1, -0.05) is 47.6 Å². The average Bonchev–Trinajstić information content (AvgIpc) is 2.61. The molecule has 0 aliphatic carbocycles. The summed E-state index contributed by atoms with van der Waals surface area (Å²) in [6.07, 6.45) is 3.46. The van der Waals surface area contributed by atoms with Crippen molar-refractivity contribution in [2.24, 2.45) is 5.41 Å². The Morgan fingerprint density at radius 1 is 1.28 bits per heavy atom. The zero-order chi connectivity index (χ0) is 14.0. The lowest BCUT2D eigenvalue weighted by Crippen LogP contribution is -2.13. The Labute approximate surface area is 113 Å². The van der Waals surface area contributed by atoms with Crippen LogP contribution in [0.2, 0.25) is 0 Å². The first kappa shape index (κ1) is 14.9. The molecule has 4 heteroatoms. The van der Waals surface area contributed by atoms with Crippen molar-refractivity contribution < 1.29 is 4.79 Å². The van der Waals surface area contributed by atoms with E-state index in [1.807, 2.05) is 11.5 Å². The van der Waals surface area contributed by atoms with Gasteiger partial charge in [-0.15, -0.1) is 11.3 Å². The number of rotatable bonds is 2. The fourth-order valence-corrected chi connectivity index (χ4v) is 2.09. The second-order valence-electron chi connectivity index (χ2n) is 6.48. The summed E-state index contributed by atoms with van der Waals surface area (Å²) < 4.78 is 0. The quantitative estimate of drug-likeness (QED) is 0.823. The van der Waals surface area contributed by atoms with Gasteiger partial charge in [0.1, 0.15) is 0 Å². The normalized spacial score (nSPS) is 13.0. The molecule has 1 aromatic heterocycles. The van der Waals surface area contributed by atoms with E-state index < -0.39 is 0 Å². The van der Waals surface area contributed by atoms with Crippen molar-refractivity contribution in [2.75, 3.05) is 5.32 Å². The van der Waals surface area contributed by atoms with Crippen molar-refractivity contribution in [2.45, 2.75) is 47.0 Å². The number of nitrogens with one attached hydrogen (secondary N) is 1. The van der Waals surface area contributed by atoms with E-state index in [1.165, 1.54) is 11.3 Å². The van der Waals surface area contributed by atoms with Crippen LogP contribution in [0.3, 0.4) is 0 Å². The number of thiazole rings is 1. The summed E-state index contributed by atoms with van der Waals surface area (Å²) in [5.41, 5.74) is 1.03. The summed E-state index contributed by atoms with van der Waals surface area (Å²) in [5.74, 6) is -0.125. The van der Waals surface area contributed by atoms with Gasteiger partial charge in [0.25, 0.3) is 0 Å². The number of carbonyl (C=O) groups excluding carboxylic acids is 1. The lowest BCUT2D eigenvalue weighted by Gasteiger charge is -2.14. The Morgan fingerprint density at radius 2 is 1.89 bits per heavy atom. The van der Waals surface area contributed by atoms with Crippen LogP contribution >= 0.6 is 11.3 Å². The Balaban J connectivity index is 2.66. The van der Waals surface area contributed by atoms with Gasteiger partial charge in [0.2, 0.25) is 5.91 Å². The Bertz CT molecular complexity index is 447. The van der Waals surface area contributed by atoms with E-state index in [0.29, 0.717) is 5.13 Å². The molecule has 0 unspecified atom stereocenters. The predicted molar refractivity (Wildman–Crippen MR) is 78.0 cm³/mol. The molecular weight excluding hydrogens is 244 g/mol. The third-order valence-electron chi connectivity index (χ3n) is 2.24. The third-order valence-corrected chi connectivity index (χ3v) is 3.00. The summed E-state index contributed by atoms with van der Waals surface area (Å²) in [6, 6.07) is 0. The van der Waals surface area contributed by atoms with Gasteiger partial charge < -0.3 is 0 Å². The topological polar surface area (TPSA) is 42.0 Å².